The molecule has 29 heavy (non-hydrogen) atoms. The van der Waals surface area contributed by atoms with Gasteiger partial charge in [0.05, 0.1) is 16.3 Å². The predicted molar refractivity (Wildman–Crippen MR) is 111 cm³/mol. The van der Waals surface area contributed by atoms with E-state index in [1.54, 1.807) is 6.20 Å². The van der Waals surface area contributed by atoms with E-state index in [2.05, 4.69) is 4.98 Å². The molecule has 1 aliphatic rings. The Hall–Kier alpha value is -3.15. The minimum atomic E-state index is -0.391. The number of nitrogens with zero attached hydrogens (tertiary/aromatic N) is 1. The molecule has 0 spiro atoms. The smallest absolute Gasteiger partial charge is 0.336 e. The number of fused-ring (bicyclic) bond motifs is 3. The Morgan fingerprint density at radius 2 is 1.90 bits per heavy atom. The van der Waals surface area contributed by atoms with Gasteiger partial charge in [-0.2, -0.15) is 0 Å². The van der Waals surface area contributed by atoms with E-state index in [4.69, 9.17) is 20.8 Å². The molecule has 6 heteroatoms. The first-order valence-corrected chi connectivity index (χ1v) is 9.78. The highest BCUT2D eigenvalue weighted by atomic mass is 35.5. The summed E-state index contributed by atoms with van der Waals surface area (Å²) in [7, 11) is 0. The molecule has 0 saturated carbocycles. The number of pyridine rings is 1. The highest BCUT2D eigenvalue weighted by Crippen LogP contribution is 2.39. The number of quaternary nitrogens is 1. The Labute approximate surface area is 172 Å². The van der Waals surface area contributed by atoms with Crippen molar-refractivity contribution in [2.45, 2.75) is 13.1 Å². The Bertz CT molecular complexity index is 1240. The van der Waals surface area contributed by atoms with Crippen LogP contribution in [0.15, 0.2) is 76.1 Å². The molecule has 4 aromatic rings. The highest BCUT2D eigenvalue weighted by molar-refractivity contribution is 6.33. The second-order valence-electron chi connectivity index (χ2n) is 7.10. The van der Waals surface area contributed by atoms with Crippen molar-refractivity contribution >= 4 is 22.6 Å². The number of rotatable bonds is 3. The minimum Gasteiger partial charge on any atom is -0.443 e. The fourth-order valence-corrected chi connectivity index (χ4v) is 4.11. The Morgan fingerprint density at radius 3 is 2.69 bits per heavy atom. The summed E-state index contributed by atoms with van der Waals surface area (Å²) in [6.45, 7) is 1.80. The molecule has 3 heterocycles. The number of halogens is 1. The van der Waals surface area contributed by atoms with Gasteiger partial charge in [0.25, 0.3) is 0 Å². The Kier molecular flexibility index (Phi) is 4.54. The summed E-state index contributed by atoms with van der Waals surface area (Å²) in [5, 5.41) is 1.33. The molecule has 144 valence electrons. The highest BCUT2D eigenvalue weighted by Gasteiger charge is 2.28. The molecule has 5 rings (SSSR count). The van der Waals surface area contributed by atoms with Crippen molar-refractivity contribution in [2.75, 3.05) is 6.73 Å². The first-order valence-electron chi connectivity index (χ1n) is 9.40. The summed E-state index contributed by atoms with van der Waals surface area (Å²) in [6, 6.07) is 19.0. The molecule has 0 aliphatic carbocycles. The molecule has 0 amide bonds. The standard InChI is InChI=1S/C23H17ClN2O3/c24-20-10-18-17(15-6-2-1-3-7-15)11-21(27)29-22(18)19-13-26(14-28-23(19)20)12-16-8-4-5-9-25-16/h1-11H,12-14H2/p+1. The van der Waals surface area contributed by atoms with E-state index >= 15 is 0 Å². The third-order valence-corrected chi connectivity index (χ3v) is 5.41. The largest absolute Gasteiger partial charge is 0.443 e. The summed E-state index contributed by atoms with van der Waals surface area (Å²) in [6.07, 6.45) is 1.78. The van der Waals surface area contributed by atoms with Crippen LogP contribution in [0.5, 0.6) is 5.75 Å². The van der Waals surface area contributed by atoms with Crippen molar-refractivity contribution < 1.29 is 14.1 Å². The van der Waals surface area contributed by atoms with Crippen molar-refractivity contribution in [2.24, 2.45) is 0 Å². The topological polar surface area (TPSA) is 56.8 Å². The predicted octanol–water partition coefficient (Wildman–Crippen LogP) is 3.44. The van der Waals surface area contributed by atoms with Crippen LogP contribution in [-0.4, -0.2) is 11.7 Å². The van der Waals surface area contributed by atoms with Gasteiger partial charge in [-0.15, -0.1) is 0 Å². The van der Waals surface area contributed by atoms with E-state index in [1.807, 2.05) is 54.6 Å². The van der Waals surface area contributed by atoms with Crippen LogP contribution in [0.3, 0.4) is 0 Å². The third kappa shape index (κ3) is 3.39. The maximum Gasteiger partial charge on any atom is 0.336 e. The van der Waals surface area contributed by atoms with E-state index < -0.39 is 5.63 Å². The number of hydrogen-bond donors (Lipinski definition) is 1. The first kappa shape index (κ1) is 17.9. The number of nitrogens with one attached hydrogen (secondary N) is 1. The van der Waals surface area contributed by atoms with Gasteiger partial charge < -0.3 is 9.15 Å². The van der Waals surface area contributed by atoms with Crippen molar-refractivity contribution in [1.82, 2.24) is 4.98 Å². The second-order valence-corrected chi connectivity index (χ2v) is 7.51. The summed E-state index contributed by atoms with van der Waals surface area (Å²) in [4.78, 5) is 17.9. The lowest BCUT2D eigenvalue weighted by Gasteiger charge is -2.27. The fourth-order valence-electron chi connectivity index (χ4n) is 3.83. The molecule has 0 saturated heterocycles. The lowest BCUT2D eigenvalue weighted by atomic mass is 9.99. The molecular weight excluding hydrogens is 388 g/mol. The Morgan fingerprint density at radius 1 is 1.07 bits per heavy atom. The van der Waals surface area contributed by atoms with Crippen molar-refractivity contribution in [1.29, 1.82) is 0 Å². The Balaban J connectivity index is 1.63. The monoisotopic (exact) mass is 405 g/mol. The zero-order valence-corrected chi connectivity index (χ0v) is 16.3. The fraction of sp³-hybridized carbons (Fsp3) is 0.130. The van der Waals surface area contributed by atoms with E-state index in [0.29, 0.717) is 36.2 Å². The van der Waals surface area contributed by atoms with Crippen LogP contribution >= 0.6 is 11.6 Å². The molecule has 1 aliphatic heterocycles. The van der Waals surface area contributed by atoms with Gasteiger partial charge in [-0.25, -0.2) is 4.79 Å². The maximum absolute atomic E-state index is 12.4. The number of benzene rings is 2. The van der Waals surface area contributed by atoms with Gasteiger partial charge in [-0.05, 0) is 29.3 Å². The normalized spacial score (nSPS) is 15.7. The summed E-state index contributed by atoms with van der Waals surface area (Å²) < 4.78 is 11.6. The van der Waals surface area contributed by atoms with Crippen LogP contribution in [0.4, 0.5) is 0 Å². The molecule has 5 nitrogen and oxygen atoms in total. The minimum absolute atomic E-state index is 0.391. The second kappa shape index (κ2) is 7.35. The van der Waals surface area contributed by atoms with Crippen LogP contribution in [0.1, 0.15) is 11.3 Å². The van der Waals surface area contributed by atoms with Crippen LogP contribution in [0.2, 0.25) is 5.02 Å². The average molecular weight is 406 g/mol. The molecule has 1 atom stereocenters. The van der Waals surface area contributed by atoms with Gasteiger partial charge in [0.1, 0.15) is 13.1 Å². The van der Waals surface area contributed by atoms with E-state index in [1.165, 1.54) is 6.07 Å². The molecule has 0 bridgehead atoms. The number of ether oxygens (including phenoxy) is 1. The number of aromatic nitrogens is 1. The SMILES string of the molecule is O=c1cc(-c2ccccc2)c2cc(Cl)c3c(c2o1)C[NH+](Cc1ccccn1)CO3. The van der Waals surface area contributed by atoms with Gasteiger partial charge >= 0.3 is 5.63 Å². The van der Waals surface area contributed by atoms with E-state index in [0.717, 1.165) is 32.7 Å². The van der Waals surface area contributed by atoms with Crippen molar-refractivity contribution in [3.8, 4) is 16.9 Å². The van der Waals surface area contributed by atoms with Crippen LogP contribution < -0.4 is 15.3 Å². The van der Waals surface area contributed by atoms with Gasteiger partial charge in [0, 0.05) is 17.6 Å². The summed E-state index contributed by atoms with van der Waals surface area (Å²) >= 11 is 6.56. The van der Waals surface area contributed by atoms with E-state index in [-0.39, 0.29) is 0 Å². The molecule has 2 aromatic carbocycles. The molecule has 0 fully saturated rings. The molecular formula is C23H18ClN2O3+. The number of hydrogen-bond acceptors (Lipinski definition) is 4. The van der Waals surface area contributed by atoms with Crippen molar-refractivity contribution in [3.05, 3.63) is 93.6 Å². The van der Waals surface area contributed by atoms with Crippen LogP contribution in [0.25, 0.3) is 22.1 Å². The molecule has 0 radical (unpaired) electrons. The zero-order chi connectivity index (χ0) is 19.8. The van der Waals surface area contributed by atoms with E-state index in [9.17, 15) is 4.79 Å². The quantitative estimate of drug-likeness (QED) is 0.530. The maximum atomic E-state index is 12.4. The van der Waals surface area contributed by atoms with Gasteiger partial charge in [-0.3, -0.25) is 9.88 Å². The molecule has 2 aromatic heterocycles. The van der Waals surface area contributed by atoms with Gasteiger partial charge in [-0.1, -0.05) is 48.0 Å². The lowest BCUT2D eigenvalue weighted by Crippen LogP contribution is -3.11. The molecule has 1 unspecified atom stereocenters. The lowest BCUT2D eigenvalue weighted by molar-refractivity contribution is -0.946. The average Bonchev–Trinajstić information content (AvgIpc) is 2.75. The first-order chi connectivity index (χ1) is 14.2. The third-order valence-electron chi connectivity index (χ3n) is 5.13. The van der Waals surface area contributed by atoms with Crippen molar-refractivity contribution in [3.63, 3.8) is 0 Å². The van der Waals surface area contributed by atoms with Crippen LogP contribution in [0, 0.1) is 0 Å². The summed E-state index contributed by atoms with van der Waals surface area (Å²) in [5.41, 5.74) is 3.69. The van der Waals surface area contributed by atoms with Gasteiger partial charge in [0.2, 0.25) is 6.73 Å². The zero-order valence-electron chi connectivity index (χ0n) is 15.5. The molecule has 1 N–H and O–H groups in total. The van der Waals surface area contributed by atoms with Crippen LogP contribution in [-0.2, 0) is 13.1 Å². The summed E-state index contributed by atoms with van der Waals surface area (Å²) in [5.74, 6) is 0.595. The van der Waals surface area contributed by atoms with Gasteiger partial charge in [0.15, 0.2) is 11.3 Å².